The van der Waals surface area contributed by atoms with Crippen LogP contribution in [-0.4, -0.2) is 49.1 Å². The van der Waals surface area contributed by atoms with E-state index in [-0.39, 0.29) is 0 Å². The van der Waals surface area contributed by atoms with E-state index in [1.54, 1.807) is 0 Å². The minimum Gasteiger partial charge on any atom is -0.303 e. The zero-order valence-corrected chi connectivity index (χ0v) is 10.7. The number of hydrogen-bond donors (Lipinski definition) is 0. The summed E-state index contributed by atoms with van der Waals surface area (Å²) in [5.74, 6) is 0. The van der Waals surface area contributed by atoms with E-state index in [1.165, 1.54) is 70.3 Å². The van der Waals surface area contributed by atoms with Crippen molar-refractivity contribution >= 4 is 0 Å². The molecule has 0 amide bonds. The molecule has 2 rings (SSSR count). The van der Waals surface area contributed by atoms with Gasteiger partial charge in [-0.1, -0.05) is 18.6 Å². The third-order valence-electron chi connectivity index (χ3n) is 4.26. The topological polar surface area (TPSA) is 6.48 Å². The average molecular weight is 222 g/mol. The summed E-state index contributed by atoms with van der Waals surface area (Å²) in [6.45, 7) is 9.17. The highest BCUT2D eigenvalue weighted by molar-refractivity contribution is 4.98. The Hall–Kier alpha value is -0.340. The lowest BCUT2D eigenvalue weighted by Gasteiger charge is -2.35. The molecule has 0 aromatic rings. The lowest BCUT2D eigenvalue weighted by Crippen LogP contribution is -2.40. The SMILES string of the molecule is C=C1CCN(CC[C@H]2CCCCN2C)CC1. The largest absolute Gasteiger partial charge is 0.303 e. The summed E-state index contributed by atoms with van der Waals surface area (Å²) in [6, 6.07) is 0.846. The van der Waals surface area contributed by atoms with Gasteiger partial charge < -0.3 is 9.80 Å². The van der Waals surface area contributed by atoms with Crippen LogP contribution in [0.3, 0.4) is 0 Å². The first-order valence-electron chi connectivity index (χ1n) is 6.85. The number of likely N-dealkylation sites (tertiary alicyclic amines) is 2. The molecule has 0 bridgehead atoms. The van der Waals surface area contributed by atoms with Gasteiger partial charge in [0, 0.05) is 19.1 Å². The van der Waals surface area contributed by atoms with Crippen molar-refractivity contribution in [3.05, 3.63) is 12.2 Å². The zero-order chi connectivity index (χ0) is 11.4. The van der Waals surface area contributed by atoms with Crippen LogP contribution >= 0.6 is 0 Å². The standard InChI is InChI=1S/C14H26N2/c1-13-6-10-16(11-7-13)12-8-14-5-3-4-9-15(14)2/h14H,1,3-12H2,2H3/t14-/m1/s1. The molecule has 0 spiro atoms. The maximum Gasteiger partial charge on any atom is 0.0104 e. The van der Waals surface area contributed by atoms with Crippen LogP contribution < -0.4 is 0 Å². The van der Waals surface area contributed by atoms with Crippen LogP contribution in [0, 0.1) is 0 Å². The Labute approximate surface area is 100 Å². The third-order valence-corrected chi connectivity index (χ3v) is 4.26. The molecule has 2 fully saturated rings. The van der Waals surface area contributed by atoms with Gasteiger partial charge in [-0.05, 0) is 52.2 Å². The Morgan fingerprint density at radius 3 is 2.62 bits per heavy atom. The van der Waals surface area contributed by atoms with E-state index >= 15 is 0 Å². The zero-order valence-electron chi connectivity index (χ0n) is 10.7. The number of nitrogens with zero attached hydrogens (tertiary/aromatic N) is 2. The molecule has 1 atom stereocenters. The second kappa shape index (κ2) is 5.83. The summed E-state index contributed by atoms with van der Waals surface area (Å²) in [5.41, 5.74) is 1.45. The highest BCUT2D eigenvalue weighted by Gasteiger charge is 2.20. The van der Waals surface area contributed by atoms with E-state index < -0.39 is 0 Å². The first-order chi connectivity index (χ1) is 7.75. The van der Waals surface area contributed by atoms with Crippen molar-refractivity contribution in [2.75, 3.05) is 33.2 Å². The molecule has 0 N–H and O–H groups in total. The van der Waals surface area contributed by atoms with E-state index in [2.05, 4.69) is 23.4 Å². The fourth-order valence-electron chi connectivity index (χ4n) is 2.93. The second-order valence-corrected chi connectivity index (χ2v) is 5.51. The maximum atomic E-state index is 4.08. The Bertz CT molecular complexity index is 227. The number of piperidine rings is 2. The molecule has 2 saturated heterocycles. The summed E-state index contributed by atoms with van der Waals surface area (Å²) in [4.78, 5) is 5.18. The molecule has 0 unspecified atom stereocenters. The molecule has 2 heterocycles. The lowest BCUT2D eigenvalue weighted by molar-refractivity contribution is 0.151. The predicted octanol–water partition coefficient (Wildman–Crippen LogP) is 2.51. The Kier molecular flexibility index (Phi) is 4.42. The predicted molar refractivity (Wildman–Crippen MR) is 69.7 cm³/mol. The molecule has 0 radical (unpaired) electrons. The second-order valence-electron chi connectivity index (χ2n) is 5.51. The summed E-state index contributed by atoms with van der Waals surface area (Å²) in [5, 5.41) is 0. The van der Waals surface area contributed by atoms with Crippen LogP contribution in [-0.2, 0) is 0 Å². The van der Waals surface area contributed by atoms with Crippen LogP contribution in [0.5, 0.6) is 0 Å². The fourth-order valence-corrected chi connectivity index (χ4v) is 2.93. The van der Waals surface area contributed by atoms with Crippen molar-refractivity contribution in [1.29, 1.82) is 0 Å². The molecule has 2 aliphatic heterocycles. The quantitative estimate of drug-likeness (QED) is 0.677. The van der Waals surface area contributed by atoms with Crippen LogP contribution in [0.25, 0.3) is 0 Å². The van der Waals surface area contributed by atoms with Gasteiger partial charge >= 0.3 is 0 Å². The molecule has 16 heavy (non-hydrogen) atoms. The molecule has 0 aromatic heterocycles. The van der Waals surface area contributed by atoms with Gasteiger partial charge in [0.1, 0.15) is 0 Å². The van der Waals surface area contributed by atoms with Gasteiger partial charge in [-0.25, -0.2) is 0 Å². The van der Waals surface area contributed by atoms with Crippen molar-refractivity contribution in [2.45, 2.75) is 44.6 Å². The molecule has 2 nitrogen and oxygen atoms in total. The Morgan fingerprint density at radius 1 is 1.19 bits per heavy atom. The van der Waals surface area contributed by atoms with Gasteiger partial charge in [0.05, 0.1) is 0 Å². The van der Waals surface area contributed by atoms with E-state index in [4.69, 9.17) is 0 Å². The van der Waals surface area contributed by atoms with Crippen molar-refractivity contribution in [3.63, 3.8) is 0 Å². The van der Waals surface area contributed by atoms with Gasteiger partial charge in [0.15, 0.2) is 0 Å². The maximum absolute atomic E-state index is 4.08. The van der Waals surface area contributed by atoms with E-state index in [0.29, 0.717) is 0 Å². The first kappa shape index (κ1) is 12.1. The Balaban J connectivity index is 1.68. The minimum absolute atomic E-state index is 0.846. The van der Waals surface area contributed by atoms with Crippen LogP contribution in [0.4, 0.5) is 0 Å². The summed E-state index contributed by atoms with van der Waals surface area (Å²) >= 11 is 0. The lowest BCUT2D eigenvalue weighted by atomic mass is 9.99. The molecule has 0 aromatic carbocycles. The van der Waals surface area contributed by atoms with Crippen LogP contribution in [0.2, 0.25) is 0 Å². The highest BCUT2D eigenvalue weighted by Crippen LogP contribution is 2.19. The summed E-state index contributed by atoms with van der Waals surface area (Å²) in [7, 11) is 2.29. The van der Waals surface area contributed by atoms with Crippen LogP contribution in [0.15, 0.2) is 12.2 Å². The van der Waals surface area contributed by atoms with Gasteiger partial charge in [0.2, 0.25) is 0 Å². The van der Waals surface area contributed by atoms with Crippen molar-refractivity contribution in [1.82, 2.24) is 9.80 Å². The molecule has 2 heteroatoms. The molecular formula is C14H26N2. The van der Waals surface area contributed by atoms with E-state index in [1.807, 2.05) is 0 Å². The molecular weight excluding hydrogens is 196 g/mol. The Morgan fingerprint density at radius 2 is 1.94 bits per heavy atom. The molecule has 0 saturated carbocycles. The first-order valence-corrected chi connectivity index (χ1v) is 6.85. The van der Waals surface area contributed by atoms with E-state index in [0.717, 1.165) is 6.04 Å². The van der Waals surface area contributed by atoms with Gasteiger partial charge in [-0.15, -0.1) is 0 Å². The highest BCUT2D eigenvalue weighted by atomic mass is 15.2. The van der Waals surface area contributed by atoms with Gasteiger partial charge in [-0.3, -0.25) is 0 Å². The van der Waals surface area contributed by atoms with Crippen molar-refractivity contribution in [3.8, 4) is 0 Å². The normalized spacial score (nSPS) is 29.6. The third kappa shape index (κ3) is 3.33. The van der Waals surface area contributed by atoms with Gasteiger partial charge in [-0.2, -0.15) is 0 Å². The summed E-state index contributed by atoms with van der Waals surface area (Å²) in [6.07, 6.45) is 8.06. The average Bonchev–Trinajstić information content (AvgIpc) is 2.30. The van der Waals surface area contributed by atoms with Crippen LogP contribution in [0.1, 0.15) is 38.5 Å². The minimum atomic E-state index is 0.846. The molecule has 2 aliphatic rings. The summed E-state index contributed by atoms with van der Waals surface area (Å²) < 4.78 is 0. The molecule has 0 aliphatic carbocycles. The fraction of sp³-hybridized carbons (Fsp3) is 0.857. The van der Waals surface area contributed by atoms with Crippen molar-refractivity contribution in [2.24, 2.45) is 0 Å². The van der Waals surface area contributed by atoms with E-state index in [9.17, 15) is 0 Å². The number of hydrogen-bond acceptors (Lipinski definition) is 2. The monoisotopic (exact) mass is 222 g/mol. The molecule has 92 valence electrons. The van der Waals surface area contributed by atoms with Gasteiger partial charge in [0.25, 0.3) is 0 Å². The van der Waals surface area contributed by atoms with Crippen molar-refractivity contribution < 1.29 is 0 Å². The number of rotatable bonds is 3. The smallest absolute Gasteiger partial charge is 0.0104 e.